The molecule has 2 unspecified atom stereocenters. The lowest BCUT2D eigenvalue weighted by Gasteiger charge is -2.37. The highest BCUT2D eigenvalue weighted by Crippen LogP contribution is 2.24. The van der Waals surface area contributed by atoms with E-state index >= 15 is 0 Å². The highest BCUT2D eigenvalue weighted by atomic mass is 16.1. The molecule has 112 valence electrons. The first-order valence-corrected chi connectivity index (χ1v) is 7.61. The van der Waals surface area contributed by atoms with Crippen LogP contribution in [0.25, 0.3) is 0 Å². The van der Waals surface area contributed by atoms with Gasteiger partial charge in [-0.3, -0.25) is 4.79 Å². The summed E-state index contributed by atoms with van der Waals surface area (Å²) in [4.78, 5) is 14.0. The summed E-state index contributed by atoms with van der Waals surface area (Å²) in [6.45, 7) is 4.09. The molecule has 1 rings (SSSR count). The van der Waals surface area contributed by atoms with Crippen molar-refractivity contribution in [1.29, 1.82) is 0 Å². The van der Waals surface area contributed by atoms with Gasteiger partial charge in [-0.15, -0.1) is 0 Å². The monoisotopic (exact) mass is 269 g/mol. The Balaban J connectivity index is 2.60. The van der Waals surface area contributed by atoms with Gasteiger partial charge in [0.25, 0.3) is 0 Å². The van der Waals surface area contributed by atoms with E-state index in [-0.39, 0.29) is 5.91 Å². The van der Waals surface area contributed by atoms with Crippen molar-refractivity contribution < 1.29 is 4.79 Å². The van der Waals surface area contributed by atoms with E-state index in [1.807, 2.05) is 14.0 Å². The van der Waals surface area contributed by atoms with Gasteiger partial charge < -0.3 is 16.0 Å². The molecule has 3 N–H and O–H groups in total. The lowest BCUT2D eigenvalue weighted by atomic mass is 9.91. The van der Waals surface area contributed by atoms with Gasteiger partial charge in [-0.25, -0.2) is 0 Å². The second-order valence-corrected chi connectivity index (χ2v) is 6.31. The molecule has 4 heteroatoms. The Morgan fingerprint density at radius 2 is 1.89 bits per heavy atom. The fourth-order valence-corrected chi connectivity index (χ4v) is 3.09. The molecule has 1 fully saturated rings. The van der Waals surface area contributed by atoms with E-state index in [0.717, 1.165) is 6.42 Å². The molecule has 0 aromatic rings. The molecule has 2 atom stereocenters. The Labute approximate surface area is 118 Å². The summed E-state index contributed by atoms with van der Waals surface area (Å²) in [7, 11) is 4.00. The highest BCUT2D eigenvalue weighted by molar-refractivity contribution is 5.84. The Hall–Kier alpha value is -0.610. The number of amides is 1. The molecule has 4 nitrogen and oxygen atoms in total. The fraction of sp³-hybridized carbons (Fsp3) is 0.933. The van der Waals surface area contributed by atoms with E-state index in [0.29, 0.717) is 12.1 Å². The summed E-state index contributed by atoms with van der Waals surface area (Å²) in [6.07, 6.45) is 8.73. The number of rotatable bonds is 6. The van der Waals surface area contributed by atoms with Gasteiger partial charge in [0, 0.05) is 12.1 Å². The largest absolute Gasteiger partial charge is 0.368 e. The van der Waals surface area contributed by atoms with Crippen molar-refractivity contribution >= 4 is 5.91 Å². The number of primary amides is 1. The quantitative estimate of drug-likeness (QED) is 0.724. The number of nitrogens with zero attached hydrogens (tertiary/aromatic N) is 1. The summed E-state index contributed by atoms with van der Waals surface area (Å²) in [5.74, 6) is -0.267. The van der Waals surface area contributed by atoms with Crippen LogP contribution in [0, 0.1) is 0 Å². The minimum Gasteiger partial charge on any atom is -0.368 e. The third-order valence-electron chi connectivity index (χ3n) is 4.90. The zero-order valence-electron chi connectivity index (χ0n) is 13.0. The molecule has 0 saturated heterocycles. The van der Waals surface area contributed by atoms with Gasteiger partial charge in [-0.05, 0) is 47.2 Å². The van der Waals surface area contributed by atoms with E-state index in [9.17, 15) is 4.79 Å². The minimum absolute atomic E-state index is 0.267. The number of carbonyl (C=O) groups is 1. The van der Waals surface area contributed by atoms with Gasteiger partial charge >= 0.3 is 0 Å². The minimum atomic E-state index is -0.613. The SMILES string of the molecule is CNC(C)(CC(C)N(C)C1CCCCCC1)C(N)=O. The van der Waals surface area contributed by atoms with Gasteiger partial charge in [0.15, 0.2) is 0 Å². The van der Waals surface area contributed by atoms with Crippen LogP contribution in [-0.2, 0) is 4.79 Å². The van der Waals surface area contributed by atoms with Gasteiger partial charge in [-0.2, -0.15) is 0 Å². The topological polar surface area (TPSA) is 58.4 Å². The summed E-state index contributed by atoms with van der Waals surface area (Å²) >= 11 is 0. The molecular weight excluding hydrogens is 238 g/mol. The van der Waals surface area contributed by atoms with Crippen molar-refractivity contribution in [3.63, 3.8) is 0 Å². The Morgan fingerprint density at radius 1 is 1.37 bits per heavy atom. The van der Waals surface area contributed by atoms with Crippen LogP contribution in [0.1, 0.15) is 58.8 Å². The fourth-order valence-electron chi connectivity index (χ4n) is 3.09. The number of nitrogens with two attached hydrogens (primary N) is 1. The van der Waals surface area contributed by atoms with E-state index < -0.39 is 5.54 Å². The molecule has 0 aromatic heterocycles. The predicted molar refractivity (Wildman–Crippen MR) is 80.0 cm³/mol. The van der Waals surface area contributed by atoms with Crippen LogP contribution in [-0.4, -0.2) is 42.5 Å². The Kier molecular flexibility index (Phi) is 6.27. The summed E-state index contributed by atoms with van der Waals surface area (Å²) in [6, 6.07) is 1.01. The Bertz CT molecular complexity index is 287. The number of nitrogens with one attached hydrogen (secondary N) is 1. The van der Waals surface area contributed by atoms with E-state index in [1.165, 1.54) is 38.5 Å². The lowest BCUT2D eigenvalue weighted by Crippen LogP contribution is -2.55. The Morgan fingerprint density at radius 3 is 2.32 bits per heavy atom. The maximum atomic E-state index is 11.6. The maximum absolute atomic E-state index is 11.6. The maximum Gasteiger partial charge on any atom is 0.237 e. The van der Waals surface area contributed by atoms with E-state index in [1.54, 1.807) is 0 Å². The van der Waals surface area contributed by atoms with Crippen LogP contribution in [0.4, 0.5) is 0 Å². The molecule has 0 radical (unpaired) electrons. The first-order chi connectivity index (χ1) is 8.90. The number of hydrogen-bond donors (Lipinski definition) is 2. The highest BCUT2D eigenvalue weighted by Gasteiger charge is 2.33. The molecular formula is C15H31N3O. The third-order valence-corrected chi connectivity index (χ3v) is 4.90. The number of hydrogen-bond acceptors (Lipinski definition) is 3. The molecule has 0 aromatic carbocycles. The molecule has 0 spiro atoms. The van der Waals surface area contributed by atoms with Crippen molar-refractivity contribution in [2.24, 2.45) is 5.73 Å². The zero-order chi connectivity index (χ0) is 14.5. The van der Waals surface area contributed by atoms with E-state index in [4.69, 9.17) is 5.73 Å². The predicted octanol–water partition coefficient (Wildman–Crippen LogP) is 1.88. The number of carbonyl (C=O) groups excluding carboxylic acids is 1. The van der Waals surface area contributed by atoms with Crippen LogP contribution in [0.5, 0.6) is 0 Å². The van der Waals surface area contributed by atoms with E-state index in [2.05, 4.69) is 24.2 Å². The smallest absolute Gasteiger partial charge is 0.237 e. The van der Waals surface area contributed by atoms with Crippen molar-refractivity contribution in [1.82, 2.24) is 10.2 Å². The van der Waals surface area contributed by atoms with Gasteiger partial charge in [0.1, 0.15) is 0 Å². The second-order valence-electron chi connectivity index (χ2n) is 6.31. The van der Waals surface area contributed by atoms with Crippen molar-refractivity contribution in [2.45, 2.75) is 76.4 Å². The molecule has 1 amide bonds. The molecule has 1 saturated carbocycles. The molecule has 1 aliphatic carbocycles. The zero-order valence-corrected chi connectivity index (χ0v) is 13.0. The van der Waals surface area contributed by atoms with Crippen molar-refractivity contribution in [3.8, 4) is 0 Å². The third kappa shape index (κ3) is 4.46. The van der Waals surface area contributed by atoms with Crippen LogP contribution in [0.3, 0.4) is 0 Å². The van der Waals surface area contributed by atoms with Gasteiger partial charge in [-0.1, -0.05) is 25.7 Å². The first kappa shape index (κ1) is 16.4. The average molecular weight is 269 g/mol. The molecule has 0 aliphatic heterocycles. The van der Waals surface area contributed by atoms with Crippen molar-refractivity contribution in [3.05, 3.63) is 0 Å². The molecule has 19 heavy (non-hydrogen) atoms. The first-order valence-electron chi connectivity index (χ1n) is 7.61. The summed E-state index contributed by atoms with van der Waals surface area (Å²) in [5.41, 5.74) is 4.90. The lowest BCUT2D eigenvalue weighted by molar-refractivity contribution is -0.124. The standard InChI is InChI=1S/C15H31N3O/c1-12(11-15(2,17-3)14(16)19)18(4)13-9-7-5-6-8-10-13/h12-13,17H,5-11H2,1-4H3,(H2,16,19). The normalized spacial score (nSPS) is 22.8. The summed E-state index contributed by atoms with van der Waals surface area (Å²) < 4.78 is 0. The van der Waals surface area contributed by atoms with Crippen molar-refractivity contribution in [2.75, 3.05) is 14.1 Å². The average Bonchev–Trinajstić information content (AvgIpc) is 2.66. The van der Waals surface area contributed by atoms with Gasteiger partial charge in [0.05, 0.1) is 5.54 Å². The van der Waals surface area contributed by atoms with Gasteiger partial charge in [0.2, 0.25) is 5.91 Å². The van der Waals surface area contributed by atoms with Crippen LogP contribution in [0.2, 0.25) is 0 Å². The van der Waals surface area contributed by atoms with Crippen LogP contribution < -0.4 is 11.1 Å². The van der Waals surface area contributed by atoms with Crippen LogP contribution in [0.15, 0.2) is 0 Å². The number of likely N-dealkylation sites (N-methyl/N-ethyl adjacent to an activating group) is 1. The summed E-state index contributed by atoms with van der Waals surface area (Å²) in [5, 5.41) is 3.08. The molecule has 0 bridgehead atoms. The van der Waals surface area contributed by atoms with Crippen LogP contribution >= 0.6 is 0 Å². The second kappa shape index (κ2) is 7.25. The molecule has 0 heterocycles. The molecule has 1 aliphatic rings.